The summed E-state index contributed by atoms with van der Waals surface area (Å²) in [7, 11) is 1.63. The van der Waals surface area contributed by atoms with E-state index in [1.165, 1.54) is 63.9 Å². The Labute approximate surface area is 377 Å². The number of Topliss-reactive ketones (excluding diaryl/α,β-unsaturated/α-hetero) is 1. The number of carbonyl (C=O) groups is 3. The molecule has 1 amide bonds. The zero-order valence-corrected chi connectivity index (χ0v) is 38.9. The Morgan fingerprint density at radius 2 is 1.49 bits per heavy atom. The van der Waals surface area contributed by atoms with Crippen LogP contribution in [0.4, 0.5) is 4.79 Å². The molecule has 0 aliphatic heterocycles. The number of fused-ring (bicyclic) bond motifs is 5. The molecule has 8 nitrogen and oxygen atoms in total. The van der Waals surface area contributed by atoms with E-state index in [1.807, 2.05) is 84.9 Å². The maximum atomic E-state index is 13.6. The molecule has 63 heavy (non-hydrogen) atoms. The van der Waals surface area contributed by atoms with Crippen LogP contribution in [-0.2, 0) is 29.4 Å². The van der Waals surface area contributed by atoms with E-state index in [4.69, 9.17) is 18.9 Å². The second-order valence-electron chi connectivity index (χ2n) is 20.2. The van der Waals surface area contributed by atoms with Crippen LogP contribution in [0.15, 0.2) is 96.6 Å². The number of nitrogens with one attached hydrogen (secondary N) is 1. The van der Waals surface area contributed by atoms with Gasteiger partial charge >= 0.3 is 12.1 Å². The van der Waals surface area contributed by atoms with E-state index >= 15 is 0 Å². The largest absolute Gasteiger partial charge is 0.497 e. The van der Waals surface area contributed by atoms with Gasteiger partial charge in [0.15, 0.2) is 0 Å². The molecule has 340 valence electrons. The fraction of sp³-hybridized carbons (Fsp3) is 0.582. The molecular weight excluding hydrogens is 787 g/mol. The highest BCUT2D eigenvalue weighted by Gasteiger charge is 2.58. The lowest BCUT2D eigenvalue weighted by molar-refractivity contribution is -0.155. The van der Waals surface area contributed by atoms with Gasteiger partial charge < -0.3 is 29.1 Å². The van der Waals surface area contributed by atoms with Gasteiger partial charge in [-0.1, -0.05) is 131 Å². The number of alkyl carbamates (subject to hydrolysis) is 1. The molecule has 8 heteroatoms. The van der Waals surface area contributed by atoms with Gasteiger partial charge in [-0.2, -0.15) is 0 Å². The first-order valence-corrected chi connectivity index (χ1v) is 24.1. The van der Waals surface area contributed by atoms with Gasteiger partial charge in [-0.05, 0) is 128 Å². The molecule has 3 fully saturated rings. The number of hydrogen-bond donors (Lipinski definition) is 1. The van der Waals surface area contributed by atoms with Gasteiger partial charge in [-0.25, -0.2) is 4.79 Å². The Morgan fingerprint density at radius 1 is 0.810 bits per heavy atom. The first kappa shape index (κ1) is 46.6. The number of unbranched alkanes of at least 4 members (excludes halogenated alkanes) is 1. The zero-order chi connectivity index (χ0) is 44.6. The summed E-state index contributed by atoms with van der Waals surface area (Å²) < 4.78 is 24.7. The van der Waals surface area contributed by atoms with Crippen molar-refractivity contribution in [3.05, 3.63) is 113 Å². The third kappa shape index (κ3) is 10.4. The third-order valence-corrected chi connectivity index (χ3v) is 15.9. The number of methoxy groups -OCH3 is 1. The van der Waals surface area contributed by atoms with Crippen LogP contribution >= 0.6 is 0 Å². The average Bonchev–Trinajstić information content (AvgIpc) is 3.63. The Bertz CT molecular complexity index is 1970. The summed E-state index contributed by atoms with van der Waals surface area (Å²) in [5.74, 6) is 4.01. The summed E-state index contributed by atoms with van der Waals surface area (Å²) in [5.41, 5.74) is 3.61. The van der Waals surface area contributed by atoms with E-state index in [9.17, 15) is 14.4 Å². The van der Waals surface area contributed by atoms with E-state index in [0.717, 1.165) is 66.0 Å². The smallest absolute Gasteiger partial charge is 0.407 e. The Hall–Kier alpha value is -4.43. The van der Waals surface area contributed by atoms with Crippen molar-refractivity contribution in [2.24, 2.45) is 40.4 Å². The third-order valence-electron chi connectivity index (χ3n) is 15.9. The van der Waals surface area contributed by atoms with Crippen molar-refractivity contribution in [1.29, 1.82) is 0 Å². The van der Waals surface area contributed by atoms with Gasteiger partial charge in [-0.3, -0.25) is 4.79 Å². The van der Waals surface area contributed by atoms with Crippen molar-refractivity contribution in [2.75, 3.05) is 20.3 Å². The van der Waals surface area contributed by atoms with E-state index < -0.39 is 23.8 Å². The highest BCUT2D eigenvalue weighted by Crippen LogP contribution is 2.67. The summed E-state index contributed by atoms with van der Waals surface area (Å²) in [5, 5.41) is 2.93. The van der Waals surface area contributed by atoms with Crippen LogP contribution in [-0.4, -0.2) is 50.3 Å². The van der Waals surface area contributed by atoms with Crippen molar-refractivity contribution >= 4 is 17.8 Å². The lowest BCUT2D eigenvalue weighted by atomic mass is 9.47. The predicted octanol–water partition coefficient (Wildman–Crippen LogP) is 12.2. The van der Waals surface area contributed by atoms with E-state index in [1.54, 1.807) is 7.11 Å². The first-order valence-electron chi connectivity index (χ1n) is 24.1. The lowest BCUT2D eigenvalue weighted by Crippen LogP contribution is -2.50. The van der Waals surface area contributed by atoms with Gasteiger partial charge in [0.1, 0.15) is 29.3 Å². The number of esters is 1. The molecule has 0 bridgehead atoms. The monoisotopic (exact) mass is 860 g/mol. The van der Waals surface area contributed by atoms with Gasteiger partial charge in [-0.15, -0.1) is 0 Å². The van der Waals surface area contributed by atoms with Crippen LogP contribution in [0.5, 0.6) is 5.75 Å². The van der Waals surface area contributed by atoms with Crippen molar-refractivity contribution in [3.63, 3.8) is 0 Å². The Kier molecular flexibility index (Phi) is 15.2. The predicted molar refractivity (Wildman–Crippen MR) is 248 cm³/mol. The molecule has 4 aliphatic carbocycles. The Balaban J connectivity index is 1.02. The zero-order valence-electron chi connectivity index (χ0n) is 38.9. The topological polar surface area (TPSA) is 100 Å². The quantitative estimate of drug-likeness (QED) is 0.0554. The fourth-order valence-corrected chi connectivity index (χ4v) is 12.4. The van der Waals surface area contributed by atoms with Crippen LogP contribution in [0.3, 0.4) is 0 Å². The molecular formula is C55H73NO7. The molecule has 7 rings (SSSR count). The molecule has 4 unspecified atom stereocenters. The molecule has 3 aromatic carbocycles. The van der Waals surface area contributed by atoms with Crippen molar-refractivity contribution in [1.82, 2.24) is 5.32 Å². The summed E-state index contributed by atoms with van der Waals surface area (Å²) in [4.78, 5) is 38.6. The number of hydrogen-bond acceptors (Lipinski definition) is 7. The molecule has 3 saturated carbocycles. The van der Waals surface area contributed by atoms with Crippen LogP contribution < -0.4 is 10.1 Å². The molecule has 3 aromatic rings. The highest BCUT2D eigenvalue weighted by molar-refractivity contribution is 5.81. The standard InChI is InChI=1S/C55H73NO7/c1-38(2)15-13-14-16-40-25-29-49-48-28-24-44-35-46(31-33-54(44,5)50(48)32-34-53(40,49)4)63-52(59)56-36-47(62-51(58)30-21-39(3)57)37-61-55(41-17-9-7-10-18-41,42-19-11-8-12-20-42)43-22-26-45(60-6)27-23-43/h7-12,17-20,22-24,26-27,38,40,46-50H,13-16,21,25,28-37H2,1-6H3,(H,56,59)/t40-,46-,47?,48?,49?,50?,53+,54-/m0/s1. The molecule has 0 spiro atoms. The van der Waals surface area contributed by atoms with Crippen molar-refractivity contribution in [3.8, 4) is 5.75 Å². The maximum absolute atomic E-state index is 13.6. The number of benzene rings is 3. The summed E-state index contributed by atoms with van der Waals surface area (Å²) in [6, 6.07) is 27.6. The minimum Gasteiger partial charge on any atom is -0.497 e. The average molecular weight is 860 g/mol. The SMILES string of the molecule is COc1ccc(C(OCC(CNC(=O)O[C@H]2CC[C@@]3(C)C(=CCC4C3CC[C@@]3(C)C4CC[C@@H]3CCCCC(C)C)C2)OC(=O)CCC(C)=O)(c2ccccc2)c2ccccc2)cc1. The number of rotatable bonds is 19. The number of carbonyl (C=O) groups excluding carboxylic acids is 3. The van der Waals surface area contributed by atoms with E-state index in [2.05, 4.69) is 39.1 Å². The molecule has 0 radical (unpaired) electrons. The molecule has 0 aromatic heterocycles. The van der Waals surface area contributed by atoms with Gasteiger partial charge in [0.05, 0.1) is 26.7 Å². The van der Waals surface area contributed by atoms with Crippen LogP contribution in [0, 0.1) is 40.4 Å². The number of allylic oxidation sites excluding steroid dienone is 1. The fourth-order valence-electron chi connectivity index (χ4n) is 12.4. The normalized spacial score (nSPS) is 27.0. The highest BCUT2D eigenvalue weighted by atomic mass is 16.6. The lowest BCUT2D eigenvalue weighted by Gasteiger charge is -2.58. The van der Waals surface area contributed by atoms with Crippen LogP contribution in [0.2, 0.25) is 0 Å². The molecule has 0 saturated heterocycles. The molecule has 4 aliphatic rings. The maximum Gasteiger partial charge on any atom is 0.407 e. The van der Waals surface area contributed by atoms with E-state index in [0.29, 0.717) is 17.1 Å². The minimum atomic E-state index is -1.11. The van der Waals surface area contributed by atoms with Gasteiger partial charge in [0.2, 0.25) is 0 Å². The minimum absolute atomic E-state index is 0.0251. The summed E-state index contributed by atoms with van der Waals surface area (Å²) in [6.45, 7) is 11.2. The van der Waals surface area contributed by atoms with Crippen molar-refractivity contribution < 1.29 is 33.3 Å². The first-order chi connectivity index (χ1) is 30.4. The van der Waals surface area contributed by atoms with Crippen molar-refractivity contribution in [2.45, 2.75) is 142 Å². The van der Waals surface area contributed by atoms with Crippen LogP contribution in [0.1, 0.15) is 141 Å². The second kappa shape index (κ2) is 20.6. The molecule has 8 atom stereocenters. The molecule has 1 N–H and O–H groups in total. The number of ether oxygens (including phenoxy) is 4. The summed E-state index contributed by atoms with van der Waals surface area (Å²) >= 11 is 0. The Morgan fingerprint density at radius 3 is 2.14 bits per heavy atom. The molecule has 0 heterocycles. The van der Waals surface area contributed by atoms with Gasteiger partial charge in [0, 0.05) is 12.8 Å². The number of amides is 1. The van der Waals surface area contributed by atoms with Gasteiger partial charge in [0.25, 0.3) is 0 Å². The second-order valence-corrected chi connectivity index (χ2v) is 20.2. The summed E-state index contributed by atoms with van der Waals surface area (Å²) in [6.07, 6.45) is 15.6. The number of ketones is 1. The van der Waals surface area contributed by atoms with Crippen LogP contribution in [0.25, 0.3) is 0 Å². The van der Waals surface area contributed by atoms with E-state index in [-0.39, 0.29) is 43.3 Å².